The molecule has 4 nitrogen and oxygen atoms in total. The Morgan fingerprint density at radius 1 is 1.10 bits per heavy atom. The van der Waals surface area contributed by atoms with E-state index in [1.165, 1.54) is 11.1 Å². The minimum Gasteiger partial charge on any atom is -0.392 e. The van der Waals surface area contributed by atoms with E-state index < -0.39 is 0 Å². The maximum Gasteiger partial charge on any atom is 0.232 e. The van der Waals surface area contributed by atoms with Crippen molar-refractivity contribution in [3.05, 3.63) is 47.1 Å². The van der Waals surface area contributed by atoms with E-state index in [0.29, 0.717) is 11.8 Å². The predicted molar refractivity (Wildman–Crippen MR) is 78.1 cm³/mol. The van der Waals surface area contributed by atoms with Gasteiger partial charge in [-0.2, -0.15) is 4.98 Å². The first-order valence-electron chi connectivity index (χ1n) is 7.89. The molecule has 1 heterocycles. The number of aliphatic hydroxyl groups excluding tert-OH is 1. The van der Waals surface area contributed by atoms with Crippen molar-refractivity contribution in [3.63, 3.8) is 0 Å². The van der Waals surface area contributed by atoms with Crippen molar-refractivity contribution in [1.29, 1.82) is 0 Å². The number of hydrogen-bond donors (Lipinski definition) is 1. The van der Waals surface area contributed by atoms with Crippen molar-refractivity contribution in [2.45, 2.75) is 56.5 Å². The van der Waals surface area contributed by atoms with Crippen LogP contribution in [0.5, 0.6) is 0 Å². The molecule has 0 amide bonds. The van der Waals surface area contributed by atoms with Gasteiger partial charge in [-0.3, -0.25) is 0 Å². The average molecular weight is 284 g/mol. The maximum atomic E-state index is 9.96. The van der Waals surface area contributed by atoms with Gasteiger partial charge in [0.25, 0.3) is 0 Å². The number of fused-ring (bicyclic) bond motifs is 1. The van der Waals surface area contributed by atoms with E-state index in [1.54, 1.807) is 0 Å². The Balaban J connectivity index is 1.54. The van der Waals surface area contributed by atoms with Gasteiger partial charge in [-0.1, -0.05) is 29.4 Å². The Labute approximate surface area is 124 Å². The standard InChI is InChI=1S/C17H20N2O2/c20-15-7-3-6-14(15)17-18-16(19-21-17)13-9-8-11-4-1-2-5-12(11)10-13/h1-2,4-5,13-15,20H,3,6-10H2. The number of aryl methyl sites for hydroxylation is 1. The second-order valence-electron chi connectivity index (χ2n) is 6.30. The van der Waals surface area contributed by atoms with Gasteiger partial charge < -0.3 is 9.63 Å². The molecule has 0 spiro atoms. The highest BCUT2D eigenvalue weighted by atomic mass is 16.5. The number of nitrogens with zero attached hydrogens (tertiary/aromatic N) is 2. The normalized spacial score (nSPS) is 28.5. The fourth-order valence-electron chi connectivity index (χ4n) is 3.71. The summed E-state index contributed by atoms with van der Waals surface area (Å²) < 4.78 is 5.44. The Bertz CT molecular complexity index is 637. The molecule has 0 saturated heterocycles. The first-order chi connectivity index (χ1) is 10.3. The topological polar surface area (TPSA) is 59.2 Å². The third-order valence-electron chi connectivity index (χ3n) is 4.97. The van der Waals surface area contributed by atoms with Crippen molar-refractivity contribution in [1.82, 2.24) is 10.1 Å². The molecule has 1 fully saturated rings. The summed E-state index contributed by atoms with van der Waals surface area (Å²) in [5.74, 6) is 1.84. The Kier molecular flexibility index (Phi) is 3.26. The molecule has 110 valence electrons. The molecule has 1 aromatic carbocycles. The van der Waals surface area contributed by atoms with Gasteiger partial charge in [0, 0.05) is 5.92 Å². The number of rotatable bonds is 2. The minimum atomic E-state index is -0.314. The molecule has 0 aliphatic heterocycles. The Morgan fingerprint density at radius 2 is 1.95 bits per heavy atom. The second-order valence-corrected chi connectivity index (χ2v) is 6.30. The Hall–Kier alpha value is -1.68. The number of benzene rings is 1. The zero-order valence-electron chi connectivity index (χ0n) is 12.0. The summed E-state index contributed by atoms with van der Waals surface area (Å²) in [5, 5.41) is 14.2. The highest BCUT2D eigenvalue weighted by Gasteiger charge is 2.32. The van der Waals surface area contributed by atoms with Crippen molar-refractivity contribution >= 4 is 0 Å². The highest BCUT2D eigenvalue weighted by molar-refractivity contribution is 5.31. The van der Waals surface area contributed by atoms with E-state index in [0.717, 1.165) is 44.3 Å². The largest absolute Gasteiger partial charge is 0.392 e. The van der Waals surface area contributed by atoms with Crippen LogP contribution in [0.3, 0.4) is 0 Å². The monoisotopic (exact) mass is 284 g/mol. The zero-order chi connectivity index (χ0) is 14.2. The van der Waals surface area contributed by atoms with Gasteiger partial charge in [0.1, 0.15) is 0 Å². The molecule has 3 atom stereocenters. The number of aromatic nitrogens is 2. The SMILES string of the molecule is OC1CCCC1c1nc(C2CCc3ccccc3C2)no1. The van der Waals surface area contributed by atoms with Crippen molar-refractivity contribution < 1.29 is 9.63 Å². The molecule has 0 bridgehead atoms. The van der Waals surface area contributed by atoms with Crippen molar-refractivity contribution in [2.24, 2.45) is 0 Å². The molecule has 1 saturated carbocycles. The summed E-state index contributed by atoms with van der Waals surface area (Å²) >= 11 is 0. The molecule has 2 aliphatic rings. The van der Waals surface area contributed by atoms with Crippen LogP contribution in [0.1, 0.15) is 60.4 Å². The molecule has 4 heteroatoms. The molecule has 3 unspecified atom stereocenters. The second kappa shape index (κ2) is 5.26. The molecule has 1 aromatic heterocycles. The van der Waals surface area contributed by atoms with Gasteiger partial charge >= 0.3 is 0 Å². The van der Waals surface area contributed by atoms with E-state index in [1.807, 2.05) is 0 Å². The summed E-state index contributed by atoms with van der Waals surface area (Å²) in [6.45, 7) is 0. The summed E-state index contributed by atoms with van der Waals surface area (Å²) in [6.07, 6.45) is 5.67. The van der Waals surface area contributed by atoms with Crippen LogP contribution in [0.25, 0.3) is 0 Å². The molecule has 0 radical (unpaired) electrons. The van der Waals surface area contributed by atoms with Crippen LogP contribution in [-0.2, 0) is 12.8 Å². The molecular formula is C17H20N2O2. The number of hydrogen-bond acceptors (Lipinski definition) is 4. The summed E-state index contributed by atoms with van der Waals surface area (Å²) in [4.78, 5) is 4.60. The van der Waals surface area contributed by atoms with Gasteiger partial charge in [-0.05, 0) is 49.7 Å². The van der Waals surface area contributed by atoms with Gasteiger partial charge in [-0.25, -0.2) is 0 Å². The van der Waals surface area contributed by atoms with Crippen LogP contribution in [0.4, 0.5) is 0 Å². The smallest absolute Gasteiger partial charge is 0.232 e. The van der Waals surface area contributed by atoms with Gasteiger partial charge in [-0.15, -0.1) is 0 Å². The zero-order valence-corrected chi connectivity index (χ0v) is 12.0. The first-order valence-corrected chi connectivity index (χ1v) is 7.89. The van der Waals surface area contributed by atoms with Crippen molar-refractivity contribution in [2.75, 3.05) is 0 Å². The van der Waals surface area contributed by atoms with Crippen LogP contribution in [0.2, 0.25) is 0 Å². The average Bonchev–Trinajstić information content (AvgIpc) is 3.15. The van der Waals surface area contributed by atoms with Crippen molar-refractivity contribution in [3.8, 4) is 0 Å². The van der Waals surface area contributed by atoms with Crippen LogP contribution >= 0.6 is 0 Å². The maximum absolute atomic E-state index is 9.96. The summed E-state index contributed by atoms with van der Waals surface area (Å²) in [7, 11) is 0. The van der Waals surface area contributed by atoms with E-state index in [4.69, 9.17) is 4.52 Å². The van der Waals surface area contributed by atoms with E-state index >= 15 is 0 Å². The van der Waals surface area contributed by atoms with E-state index in [2.05, 4.69) is 34.4 Å². The lowest BCUT2D eigenvalue weighted by Gasteiger charge is -2.21. The molecule has 4 rings (SSSR count). The molecule has 2 aromatic rings. The molecular weight excluding hydrogens is 264 g/mol. The van der Waals surface area contributed by atoms with Crippen LogP contribution < -0.4 is 0 Å². The van der Waals surface area contributed by atoms with Gasteiger partial charge in [0.15, 0.2) is 5.82 Å². The van der Waals surface area contributed by atoms with E-state index in [9.17, 15) is 5.11 Å². The lowest BCUT2D eigenvalue weighted by molar-refractivity contribution is 0.148. The lowest BCUT2D eigenvalue weighted by atomic mass is 9.83. The van der Waals surface area contributed by atoms with Crippen LogP contribution in [0.15, 0.2) is 28.8 Å². The van der Waals surface area contributed by atoms with Gasteiger partial charge in [0.05, 0.1) is 12.0 Å². The summed E-state index contributed by atoms with van der Waals surface area (Å²) in [6, 6.07) is 8.61. The molecule has 1 N–H and O–H groups in total. The predicted octanol–water partition coefficient (Wildman–Crippen LogP) is 2.97. The fourth-order valence-corrected chi connectivity index (χ4v) is 3.71. The third-order valence-corrected chi connectivity index (χ3v) is 4.97. The molecule has 21 heavy (non-hydrogen) atoms. The minimum absolute atomic E-state index is 0.0436. The first kappa shape index (κ1) is 13.0. The highest BCUT2D eigenvalue weighted by Crippen LogP contribution is 2.36. The molecule has 2 aliphatic carbocycles. The fraction of sp³-hybridized carbons (Fsp3) is 0.529. The van der Waals surface area contributed by atoms with Crippen LogP contribution in [-0.4, -0.2) is 21.4 Å². The van der Waals surface area contributed by atoms with Gasteiger partial charge in [0.2, 0.25) is 5.89 Å². The lowest BCUT2D eigenvalue weighted by Crippen LogP contribution is -2.14. The van der Waals surface area contributed by atoms with E-state index in [-0.39, 0.29) is 12.0 Å². The number of aliphatic hydroxyl groups is 1. The summed E-state index contributed by atoms with van der Waals surface area (Å²) in [5.41, 5.74) is 2.85. The quantitative estimate of drug-likeness (QED) is 0.921. The Morgan fingerprint density at radius 3 is 2.76 bits per heavy atom. The van der Waals surface area contributed by atoms with Crippen LogP contribution in [0, 0.1) is 0 Å². The third kappa shape index (κ3) is 2.38.